The normalized spacial score (nSPS) is 9.67. The van der Waals surface area contributed by atoms with Crippen LogP contribution in [-0.4, -0.2) is 30.9 Å². The van der Waals surface area contributed by atoms with Gasteiger partial charge in [0.25, 0.3) is 0 Å². The predicted octanol–water partition coefficient (Wildman–Crippen LogP) is 1.66. The number of aromatic carboxylic acids is 1. The van der Waals surface area contributed by atoms with Gasteiger partial charge in [0.1, 0.15) is 0 Å². The Morgan fingerprint density at radius 3 is 2.47 bits per heavy atom. The van der Waals surface area contributed by atoms with Crippen LogP contribution in [0.5, 0.6) is 0 Å². The summed E-state index contributed by atoms with van der Waals surface area (Å²) in [5, 5.41) is 10.8. The summed E-state index contributed by atoms with van der Waals surface area (Å²) < 4.78 is 0. The molecule has 2 rings (SSSR count). The fourth-order valence-electron chi connectivity index (χ4n) is 1.66. The van der Waals surface area contributed by atoms with E-state index in [1.807, 2.05) is 43.3 Å². The molecule has 3 heteroatoms. The number of carboxylic acids is 1. The fraction of sp³-hybridized carbons (Fsp3) is 0.0833. The first kappa shape index (κ1) is 11.9. The Morgan fingerprint density at radius 1 is 1.13 bits per heavy atom. The summed E-state index contributed by atoms with van der Waals surface area (Å²) in [6, 6.07) is 11.3. The first-order valence-corrected chi connectivity index (χ1v) is 4.42. The van der Waals surface area contributed by atoms with Gasteiger partial charge in [-0.1, -0.05) is 36.4 Å². The van der Waals surface area contributed by atoms with Crippen molar-refractivity contribution in [1.29, 1.82) is 0 Å². The molecule has 0 aliphatic heterocycles. The van der Waals surface area contributed by atoms with Gasteiger partial charge in [-0.15, -0.1) is 0 Å². The second-order valence-corrected chi connectivity index (χ2v) is 3.28. The Kier molecular flexibility index (Phi) is 3.60. The SMILES string of the molecule is Cc1ccc2ccccc2c1C(=O)O.[GaH3]. The van der Waals surface area contributed by atoms with Crippen LogP contribution in [0, 0.1) is 6.92 Å². The van der Waals surface area contributed by atoms with Crippen LogP contribution < -0.4 is 0 Å². The van der Waals surface area contributed by atoms with Crippen molar-refractivity contribution in [3.63, 3.8) is 0 Å². The number of hydrogen-bond acceptors (Lipinski definition) is 1. The molecule has 0 amide bonds. The molecule has 0 aliphatic carbocycles. The van der Waals surface area contributed by atoms with Gasteiger partial charge in [-0.2, -0.15) is 0 Å². The van der Waals surface area contributed by atoms with Gasteiger partial charge in [0.2, 0.25) is 0 Å². The number of hydrogen-bond donors (Lipinski definition) is 1. The molecule has 1 N–H and O–H groups in total. The van der Waals surface area contributed by atoms with E-state index in [0.717, 1.165) is 16.3 Å². The van der Waals surface area contributed by atoms with Crippen LogP contribution in [0.4, 0.5) is 0 Å². The molecule has 0 fully saturated rings. The molecule has 0 atom stereocenters. The maximum atomic E-state index is 11.0. The topological polar surface area (TPSA) is 37.3 Å². The van der Waals surface area contributed by atoms with E-state index in [0.29, 0.717) is 5.56 Å². The van der Waals surface area contributed by atoms with Gasteiger partial charge in [0, 0.05) is 0 Å². The molecule has 0 aliphatic rings. The summed E-state index contributed by atoms with van der Waals surface area (Å²) in [4.78, 5) is 11.0. The quantitative estimate of drug-likeness (QED) is 0.791. The number of aryl methyl sites for hydroxylation is 1. The zero-order valence-corrected chi connectivity index (χ0v) is 7.82. The molecular weight excluding hydrogens is 246 g/mol. The third-order valence-electron chi connectivity index (χ3n) is 2.35. The molecule has 2 nitrogen and oxygen atoms in total. The number of rotatable bonds is 1. The minimum atomic E-state index is -0.862. The molecule has 0 heterocycles. The number of carbonyl (C=O) groups is 1. The zero-order chi connectivity index (χ0) is 10.1. The second-order valence-electron chi connectivity index (χ2n) is 3.28. The zero-order valence-electron chi connectivity index (χ0n) is 7.82. The molecule has 2 aromatic carbocycles. The third-order valence-corrected chi connectivity index (χ3v) is 2.35. The molecular formula is C12H13GaO2. The third kappa shape index (κ3) is 2.08. The molecule has 0 unspecified atom stereocenters. The van der Waals surface area contributed by atoms with Crippen molar-refractivity contribution in [2.24, 2.45) is 0 Å². The van der Waals surface area contributed by atoms with Crippen LogP contribution in [0.25, 0.3) is 10.8 Å². The van der Waals surface area contributed by atoms with Gasteiger partial charge in [-0.3, -0.25) is 0 Å². The van der Waals surface area contributed by atoms with E-state index < -0.39 is 5.97 Å². The van der Waals surface area contributed by atoms with Crippen LogP contribution in [0.1, 0.15) is 15.9 Å². The summed E-state index contributed by atoms with van der Waals surface area (Å²) >= 11 is 0. The second kappa shape index (κ2) is 4.55. The summed E-state index contributed by atoms with van der Waals surface area (Å²) in [6.45, 7) is 1.82. The standard InChI is InChI=1S/C12H10O2.Ga.3H/c1-8-6-7-9-4-2-3-5-10(9)11(8)12(13)14;;;;/h2-7H,1H3,(H,13,14);;;;. The van der Waals surface area contributed by atoms with Gasteiger partial charge in [0.05, 0.1) is 5.56 Å². The molecule has 0 saturated carbocycles. The molecule has 0 radical (unpaired) electrons. The Balaban J connectivity index is 0.00000112. The van der Waals surface area contributed by atoms with Crippen molar-refractivity contribution in [3.05, 3.63) is 47.5 Å². The first-order chi connectivity index (χ1) is 6.70. The summed E-state index contributed by atoms with van der Waals surface area (Å²) in [5.41, 5.74) is 1.21. The van der Waals surface area contributed by atoms with Gasteiger partial charge >= 0.3 is 25.8 Å². The molecule has 0 bridgehead atoms. The van der Waals surface area contributed by atoms with E-state index in [1.165, 1.54) is 0 Å². The molecule has 0 saturated heterocycles. The first-order valence-electron chi connectivity index (χ1n) is 4.42. The van der Waals surface area contributed by atoms with E-state index in [-0.39, 0.29) is 19.8 Å². The Hall–Kier alpha value is -1.19. The van der Waals surface area contributed by atoms with Gasteiger partial charge in [0.15, 0.2) is 0 Å². The Bertz CT molecular complexity index is 506. The number of carboxylic acid groups (broad SMARTS) is 1. The van der Waals surface area contributed by atoms with Crippen LogP contribution in [0.15, 0.2) is 36.4 Å². The average molecular weight is 259 g/mol. The van der Waals surface area contributed by atoms with E-state index in [4.69, 9.17) is 5.11 Å². The van der Waals surface area contributed by atoms with E-state index in [2.05, 4.69) is 0 Å². The Labute approximate surface area is 101 Å². The number of benzene rings is 2. The van der Waals surface area contributed by atoms with Crippen LogP contribution >= 0.6 is 0 Å². The summed E-state index contributed by atoms with van der Waals surface area (Å²) in [6.07, 6.45) is 0. The van der Waals surface area contributed by atoms with Crippen molar-refractivity contribution in [1.82, 2.24) is 0 Å². The van der Waals surface area contributed by atoms with Gasteiger partial charge in [-0.05, 0) is 23.3 Å². The van der Waals surface area contributed by atoms with Crippen molar-refractivity contribution in [3.8, 4) is 0 Å². The molecule has 15 heavy (non-hydrogen) atoms. The van der Waals surface area contributed by atoms with Crippen LogP contribution in [-0.2, 0) is 0 Å². The van der Waals surface area contributed by atoms with E-state index in [9.17, 15) is 4.79 Å². The molecule has 0 aromatic heterocycles. The van der Waals surface area contributed by atoms with Crippen LogP contribution in [0.2, 0.25) is 0 Å². The van der Waals surface area contributed by atoms with E-state index in [1.54, 1.807) is 0 Å². The van der Waals surface area contributed by atoms with Gasteiger partial charge in [-0.25, -0.2) is 4.79 Å². The predicted molar refractivity (Wildman–Crippen MR) is 65.6 cm³/mol. The monoisotopic (exact) mass is 258 g/mol. The number of fused-ring (bicyclic) bond motifs is 1. The van der Waals surface area contributed by atoms with Gasteiger partial charge < -0.3 is 5.11 Å². The Morgan fingerprint density at radius 2 is 1.80 bits per heavy atom. The fourth-order valence-corrected chi connectivity index (χ4v) is 1.66. The summed E-state index contributed by atoms with van der Waals surface area (Å²) in [5.74, 6) is -0.862. The maximum absolute atomic E-state index is 11.0. The molecule has 0 spiro atoms. The summed E-state index contributed by atoms with van der Waals surface area (Å²) in [7, 11) is 0. The van der Waals surface area contributed by atoms with Crippen molar-refractivity contribution >= 4 is 36.5 Å². The average Bonchev–Trinajstić information content (AvgIpc) is 2.17. The molecule has 2 aromatic rings. The molecule has 76 valence electrons. The van der Waals surface area contributed by atoms with Crippen molar-refractivity contribution in [2.75, 3.05) is 0 Å². The van der Waals surface area contributed by atoms with Crippen molar-refractivity contribution in [2.45, 2.75) is 6.92 Å². The minimum absolute atomic E-state index is 0. The van der Waals surface area contributed by atoms with Crippen LogP contribution in [0.3, 0.4) is 0 Å². The van der Waals surface area contributed by atoms with E-state index >= 15 is 0 Å². The van der Waals surface area contributed by atoms with Crippen molar-refractivity contribution < 1.29 is 9.90 Å².